The summed E-state index contributed by atoms with van der Waals surface area (Å²) in [5, 5.41) is 10.7. The molecule has 0 aliphatic carbocycles. The molecule has 2 heterocycles. The highest BCUT2D eigenvalue weighted by Gasteiger charge is 2.13. The van der Waals surface area contributed by atoms with Gasteiger partial charge in [-0.3, -0.25) is 18.6 Å². The van der Waals surface area contributed by atoms with Crippen molar-refractivity contribution in [3.8, 4) is 5.69 Å². The second-order valence-corrected chi connectivity index (χ2v) is 6.67. The largest absolute Gasteiger partial charge is 0.352 e. The van der Waals surface area contributed by atoms with Crippen molar-refractivity contribution in [2.75, 3.05) is 0 Å². The van der Waals surface area contributed by atoms with Gasteiger partial charge in [0, 0.05) is 31.8 Å². The molecule has 4 aromatic rings. The lowest BCUT2D eigenvalue weighted by Gasteiger charge is -2.07. The fraction of sp³-hybridized carbons (Fsp3) is 0.143. The summed E-state index contributed by atoms with van der Waals surface area (Å²) >= 11 is 0. The first-order valence-corrected chi connectivity index (χ1v) is 9.23. The van der Waals surface area contributed by atoms with Gasteiger partial charge in [-0.1, -0.05) is 18.2 Å². The number of fused-ring (bicyclic) bond motifs is 1. The van der Waals surface area contributed by atoms with Crippen LogP contribution in [0.3, 0.4) is 0 Å². The van der Waals surface area contributed by atoms with E-state index in [1.165, 1.54) is 45.5 Å². The molecule has 0 bridgehead atoms. The number of amides is 1. The number of aryl methyl sites for hydroxylation is 1. The van der Waals surface area contributed by atoms with Crippen LogP contribution in [0, 0.1) is 11.6 Å². The molecule has 0 atom stereocenters. The standard InChI is InChI=1S/C21H17F2N5O2/c22-15-6-4-14(5-7-15)13-24-19(29)9-8-18-25-26-20-21(30)27(10-11-28(18)20)17-3-1-2-16(23)12-17/h1-7,10-12H,8-9,13H2,(H,24,29). The Labute approximate surface area is 169 Å². The predicted molar refractivity (Wildman–Crippen MR) is 105 cm³/mol. The van der Waals surface area contributed by atoms with Crippen LogP contribution >= 0.6 is 0 Å². The minimum atomic E-state index is -0.451. The van der Waals surface area contributed by atoms with Crippen molar-refractivity contribution in [2.24, 2.45) is 0 Å². The number of rotatable bonds is 6. The zero-order valence-corrected chi connectivity index (χ0v) is 15.8. The number of nitrogens with zero attached hydrogens (tertiary/aromatic N) is 4. The van der Waals surface area contributed by atoms with Gasteiger partial charge in [-0.15, -0.1) is 10.2 Å². The predicted octanol–water partition coefficient (Wildman–Crippen LogP) is 2.41. The molecule has 0 radical (unpaired) electrons. The number of nitrogens with one attached hydrogen (secondary N) is 1. The Kier molecular flexibility index (Phi) is 5.34. The minimum absolute atomic E-state index is 0.0866. The van der Waals surface area contributed by atoms with Crippen LogP contribution in [0.4, 0.5) is 8.78 Å². The molecule has 1 N–H and O–H groups in total. The summed E-state index contributed by atoms with van der Waals surface area (Å²) in [7, 11) is 0. The van der Waals surface area contributed by atoms with E-state index in [9.17, 15) is 18.4 Å². The smallest absolute Gasteiger partial charge is 0.300 e. The second kappa shape index (κ2) is 8.24. The van der Waals surface area contributed by atoms with Crippen molar-refractivity contribution in [1.82, 2.24) is 24.5 Å². The van der Waals surface area contributed by atoms with Crippen LogP contribution < -0.4 is 10.9 Å². The molecule has 0 saturated carbocycles. The molecule has 0 spiro atoms. The van der Waals surface area contributed by atoms with Gasteiger partial charge in [0.2, 0.25) is 11.6 Å². The molecule has 30 heavy (non-hydrogen) atoms. The minimum Gasteiger partial charge on any atom is -0.352 e. The Morgan fingerprint density at radius 3 is 2.57 bits per heavy atom. The zero-order valence-electron chi connectivity index (χ0n) is 15.8. The molecule has 0 aliphatic heterocycles. The first-order valence-electron chi connectivity index (χ1n) is 9.23. The summed E-state index contributed by atoms with van der Waals surface area (Å²) in [6.45, 7) is 0.290. The maximum atomic E-state index is 13.5. The molecule has 7 nitrogen and oxygen atoms in total. The molecule has 152 valence electrons. The van der Waals surface area contributed by atoms with Crippen LogP contribution in [0.5, 0.6) is 0 Å². The highest BCUT2D eigenvalue weighted by molar-refractivity contribution is 5.76. The fourth-order valence-electron chi connectivity index (χ4n) is 3.05. The quantitative estimate of drug-likeness (QED) is 0.530. The highest BCUT2D eigenvalue weighted by Crippen LogP contribution is 2.09. The number of carbonyl (C=O) groups is 1. The first kappa shape index (κ1) is 19.4. The Balaban J connectivity index is 1.45. The Bertz CT molecular complexity index is 1260. The van der Waals surface area contributed by atoms with Crippen molar-refractivity contribution in [2.45, 2.75) is 19.4 Å². The van der Waals surface area contributed by atoms with Gasteiger partial charge in [0.15, 0.2) is 0 Å². The number of carbonyl (C=O) groups excluding carboxylic acids is 1. The molecule has 2 aromatic heterocycles. The normalized spacial score (nSPS) is 11.0. The number of hydrogen-bond acceptors (Lipinski definition) is 4. The van der Waals surface area contributed by atoms with Crippen molar-refractivity contribution < 1.29 is 13.6 Å². The van der Waals surface area contributed by atoms with Crippen LogP contribution in [-0.4, -0.2) is 25.1 Å². The molecule has 0 fully saturated rings. The lowest BCUT2D eigenvalue weighted by molar-refractivity contribution is -0.121. The molecular weight excluding hydrogens is 392 g/mol. The van der Waals surface area contributed by atoms with E-state index in [4.69, 9.17) is 0 Å². The lowest BCUT2D eigenvalue weighted by atomic mass is 10.2. The van der Waals surface area contributed by atoms with Gasteiger partial charge in [0.1, 0.15) is 17.5 Å². The Morgan fingerprint density at radius 1 is 1.00 bits per heavy atom. The van der Waals surface area contributed by atoms with Crippen LogP contribution in [0.1, 0.15) is 17.8 Å². The van der Waals surface area contributed by atoms with Crippen LogP contribution in [0.15, 0.2) is 65.7 Å². The summed E-state index contributed by atoms with van der Waals surface area (Å²) in [5.41, 5.74) is 0.814. The summed E-state index contributed by atoms with van der Waals surface area (Å²) in [6.07, 6.45) is 3.54. The number of halogens is 2. The second-order valence-electron chi connectivity index (χ2n) is 6.67. The van der Waals surface area contributed by atoms with Gasteiger partial charge in [-0.25, -0.2) is 8.78 Å². The third-order valence-corrected chi connectivity index (χ3v) is 4.61. The van der Waals surface area contributed by atoms with E-state index in [1.54, 1.807) is 24.4 Å². The van der Waals surface area contributed by atoms with Crippen molar-refractivity contribution in [3.63, 3.8) is 0 Å². The summed E-state index contributed by atoms with van der Waals surface area (Å²) in [5.74, 6) is -0.525. The highest BCUT2D eigenvalue weighted by atomic mass is 19.1. The average molecular weight is 409 g/mol. The third-order valence-electron chi connectivity index (χ3n) is 4.61. The first-order chi connectivity index (χ1) is 14.5. The van der Waals surface area contributed by atoms with Crippen molar-refractivity contribution >= 4 is 11.6 Å². The van der Waals surface area contributed by atoms with Gasteiger partial charge in [-0.2, -0.15) is 0 Å². The topological polar surface area (TPSA) is 81.3 Å². The Morgan fingerprint density at radius 2 is 1.80 bits per heavy atom. The summed E-state index contributed by atoms with van der Waals surface area (Å²) < 4.78 is 29.2. The molecular formula is C21H17F2N5O2. The van der Waals surface area contributed by atoms with Gasteiger partial charge in [0.05, 0.1) is 5.69 Å². The molecule has 0 unspecified atom stereocenters. The van der Waals surface area contributed by atoms with E-state index in [1.807, 2.05) is 0 Å². The van der Waals surface area contributed by atoms with E-state index in [0.29, 0.717) is 11.5 Å². The average Bonchev–Trinajstić information content (AvgIpc) is 3.16. The van der Waals surface area contributed by atoms with Gasteiger partial charge < -0.3 is 5.32 Å². The number of hydrogen-bond donors (Lipinski definition) is 1. The van der Waals surface area contributed by atoms with Crippen LogP contribution in [-0.2, 0) is 17.8 Å². The molecule has 1 amide bonds. The van der Waals surface area contributed by atoms with Crippen molar-refractivity contribution in [3.05, 3.63) is 94.3 Å². The fourth-order valence-corrected chi connectivity index (χ4v) is 3.05. The number of aromatic nitrogens is 4. The lowest BCUT2D eigenvalue weighted by Crippen LogP contribution is -2.23. The maximum absolute atomic E-state index is 13.5. The summed E-state index contributed by atoms with van der Waals surface area (Å²) in [4.78, 5) is 24.8. The maximum Gasteiger partial charge on any atom is 0.300 e. The van der Waals surface area contributed by atoms with Crippen LogP contribution in [0.25, 0.3) is 11.3 Å². The van der Waals surface area contributed by atoms with Gasteiger partial charge in [-0.05, 0) is 35.9 Å². The third kappa shape index (κ3) is 4.09. The molecule has 2 aromatic carbocycles. The van der Waals surface area contributed by atoms with E-state index >= 15 is 0 Å². The zero-order chi connectivity index (χ0) is 21.1. The SMILES string of the molecule is O=C(CCc1nnc2c(=O)n(-c3cccc(F)c3)ccn12)NCc1ccc(F)cc1. The monoisotopic (exact) mass is 409 g/mol. The number of benzene rings is 2. The summed E-state index contributed by atoms with van der Waals surface area (Å²) in [6, 6.07) is 11.5. The molecule has 0 saturated heterocycles. The van der Waals surface area contributed by atoms with Gasteiger partial charge in [0.25, 0.3) is 0 Å². The van der Waals surface area contributed by atoms with Gasteiger partial charge >= 0.3 is 5.56 Å². The van der Waals surface area contributed by atoms with E-state index in [2.05, 4.69) is 15.5 Å². The van der Waals surface area contributed by atoms with E-state index in [0.717, 1.165) is 5.56 Å². The molecule has 4 rings (SSSR count). The Hall–Kier alpha value is -3.88. The van der Waals surface area contributed by atoms with Crippen molar-refractivity contribution in [1.29, 1.82) is 0 Å². The van der Waals surface area contributed by atoms with E-state index in [-0.39, 0.29) is 36.8 Å². The van der Waals surface area contributed by atoms with E-state index < -0.39 is 11.4 Å². The molecule has 9 heteroatoms. The van der Waals surface area contributed by atoms with Crippen LogP contribution in [0.2, 0.25) is 0 Å². The molecule has 0 aliphatic rings.